The lowest BCUT2D eigenvalue weighted by atomic mass is 9.42. The fourth-order valence-corrected chi connectivity index (χ4v) is 9.87. The molecule has 1 saturated heterocycles. The van der Waals surface area contributed by atoms with Crippen LogP contribution in [0.4, 0.5) is 0 Å². The van der Waals surface area contributed by atoms with Gasteiger partial charge in [-0.1, -0.05) is 13.8 Å². The van der Waals surface area contributed by atoms with Gasteiger partial charge < -0.3 is 39.7 Å². The molecule has 4 aliphatic carbocycles. The molecular weight excluding hydrogens is 492 g/mol. The van der Waals surface area contributed by atoms with Crippen molar-refractivity contribution in [3.8, 4) is 0 Å². The number of fused-ring (bicyclic) bond motifs is 5. The van der Waals surface area contributed by atoms with E-state index in [2.05, 4.69) is 13.8 Å². The van der Waals surface area contributed by atoms with E-state index < -0.39 is 53.9 Å². The molecule has 2 heterocycles. The number of aliphatic hydroxyl groups is 5. The smallest absolute Gasteiger partial charge is 0.331 e. The summed E-state index contributed by atoms with van der Waals surface area (Å²) in [5.41, 5.74) is -0.631. The van der Waals surface area contributed by atoms with E-state index in [1.54, 1.807) is 13.0 Å². The summed E-state index contributed by atoms with van der Waals surface area (Å²) >= 11 is 0. The third-order valence-electron chi connectivity index (χ3n) is 12.1. The van der Waals surface area contributed by atoms with Crippen molar-refractivity contribution < 1.29 is 44.5 Å². The number of ether oxygens (including phenoxy) is 3. The number of hydrogen-bond donors (Lipinski definition) is 5. The van der Waals surface area contributed by atoms with Crippen molar-refractivity contribution in [1.82, 2.24) is 0 Å². The van der Waals surface area contributed by atoms with Crippen molar-refractivity contribution in [2.24, 2.45) is 34.5 Å². The predicted octanol–water partition coefficient (Wildman–Crippen LogP) is 1.43. The molecule has 14 atom stereocenters. The maximum atomic E-state index is 12.1. The van der Waals surface area contributed by atoms with Crippen LogP contribution in [0.3, 0.4) is 0 Å². The molecule has 0 spiro atoms. The van der Waals surface area contributed by atoms with Crippen LogP contribution in [0.15, 0.2) is 11.6 Å². The van der Waals surface area contributed by atoms with Gasteiger partial charge in [0, 0.05) is 17.9 Å². The highest BCUT2D eigenvalue weighted by molar-refractivity contribution is 5.85. The van der Waals surface area contributed by atoms with Gasteiger partial charge in [-0.3, -0.25) is 0 Å². The Bertz CT molecular complexity index is 985. The minimum atomic E-state index is -1.40. The first-order chi connectivity index (χ1) is 17.9. The van der Waals surface area contributed by atoms with Crippen LogP contribution in [0.5, 0.6) is 0 Å². The van der Waals surface area contributed by atoms with Gasteiger partial charge in [-0.25, -0.2) is 4.79 Å². The van der Waals surface area contributed by atoms with Gasteiger partial charge in [0.2, 0.25) is 0 Å². The van der Waals surface area contributed by atoms with Gasteiger partial charge in [0.05, 0.1) is 23.9 Å². The van der Waals surface area contributed by atoms with E-state index in [-0.39, 0.29) is 23.7 Å². The molecule has 0 radical (unpaired) electrons. The summed E-state index contributed by atoms with van der Waals surface area (Å²) in [7, 11) is 0. The van der Waals surface area contributed by atoms with Crippen molar-refractivity contribution in [3.05, 3.63) is 11.6 Å². The first kappa shape index (κ1) is 27.1. The first-order valence-electron chi connectivity index (χ1n) is 14.5. The molecule has 6 aliphatic rings. The van der Waals surface area contributed by atoms with Crippen LogP contribution in [0.25, 0.3) is 0 Å². The minimum Gasteiger partial charge on any atom is -0.458 e. The normalized spacial score (nSPS) is 56.5. The molecule has 38 heavy (non-hydrogen) atoms. The number of aliphatic hydroxyl groups excluding tert-OH is 4. The van der Waals surface area contributed by atoms with E-state index in [0.29, 0.717) is 43.6 Å². The lowest BCUT2D eigenvalue weighted by Gasteiger charge is -2.65. The minimum absolute atomic E-state index is 0.0589. The Morgan fingerprint density at radius 1 is 0.974 bits per heavy atom. The van der Waals surface area contributed by atoms with Crippen LogP contribution >= 0.6 is 0 Å². The Kier molecular flexibility index (Phi) is 6.58. The van der Waals surface area contributed by atoms with Gasteiger partial charge >= 0.3 is 5.97 Å². The zero-order valence-electron chi connectivity index (χ0n) is 22.7. The van der Waals surface area contributed by atoms with E-state index in [1.807, 2.05) is 0 Å². The Morgan fingerprint density at radius 2 is 1.74 bits per heavy atom. The lowest BCUT2D eigenvalue weighted by molar-refractivity contribution is -0.323. The average Bonchev–Trinajstić information content (AvgIpc) is 3.45. The summed E-state index contributed by atoms with van der Waals surface area (Å²) in [4.78, 5) is 11.8. The second-order valence-electron chi connectivity index (χ2n) is 13.7. The highest BCUT2D eigenvalue weighted by Gasteiger charge is 2.68. The highest BCUT2D eigenvalue weighted by atomic mass is 16.7. The van der Waals surface area contributed by atoms with Crippen LogP contribution in [-0.4, -0.2) is 86.6 Å². The quantitative estimate of drug-likeness (QED) is 0.267. The molecule has 0 aromatic carbocycles. The van der Waals surface area contributed by atoms with Gasteiger partial charge in [-0.05, 0) is 86.5 Å². The summed E-state index contributed by atoms with van der Waals surface area (Å²) in [6.07, 6.45) is 0.718. The number of rotatable bonds is 3. The third kappa shape index (κ3) is 3.80. The molecule has 5 fully saturated rings. The molecule has 0 aromatic rings. The maximum Gasteiger partial charge on any atom is 0.331 e. The fraction of sp³-hybridized carbons (Fsp3) is 0.897. The molecule has 0 unspecified atom stereocenters. The van der Waals surface area contributed by atoms with Crippen molar-refractivity contribution in [2.75, 3.05) is 6.61 Å². The average molecular weight is 537 g/mol. The van der Waals surface area contributed by atoms with Crippen LogP contribution in [-0.2, 0) is 19.0 Å². The predicted molar refractivity (Wildman–Crippen MR) is 134 cm³/mol. The molecule has 9 nitrogen and oxygen atoms in total. The van der Waals surface area contributed by atoms with Gasteiger partial charge in [-0.2, -0.15) is 0 Å². The molecule has 2 aliphatic heterocycles. The van der Waals surface area contributed by atoms with E-state index in [0.717, 1.165) is 31.3 Å². The molecule has 0 amide bonds. The monoisotopic (exact) mass is 536 g/mol. The first-order valence-corrected chi connectivity index (χ1v) is 14.5. The van der Waals surface area contributed by atoms with Gasteiger partial charge in [0.25, 0.3) is 0 Å². The van der Waals surface area contributed by atoms with Crippen molar-refractivity contribution in [2.45, 2.75) is 121 Å². The van der Waals surface area contributed by atoms with Crippen LogP contribution < -0.4 is 0 Å². The van der Waals surface area contributed by atoms with Gasteiger partial charge in [-0.15, -0.1) is 0 Å². The summed E-state index contributed by atoms with van der Waals surface area (Å²) in [6.45, 7) is 6.51. The zero-order chi connectivity index (χ0) is 27.2. The number of hydrogen-bond acceptors (Lipinski definition) is 9. The summed E-state index contributed by atoms with van der Waals surface area (Å²) in [5, 5.41) is 54.3. The lowest BCUT2D eigenvalue weighted by Crippen LogP contribution is -2.69. The summed E-state index contributed by atoms with van der Waals surface area (Å²) in [5.74, 6) is 1.09. The molecule has 6 rings (SSSR count). The van der Waals surface area contributed by atoms with Crippen LogP contribution in [0, 0.1) is 34.5 Å². The number of esters is 1. The molecule has 5 N–H and O–H groups in total. The van der Waals surface area contributed by atoms with Crippen molar-refractivity contribution >= 4 is 5.97 Å². The standard InChI is InChI=1S/C29H44O9/c1-14-23(32)24(33)25(34)26(37-14)38-16-6-9-28(3)20-7-8-27(2)18(15-10-22(31)36-13-15)4-5-19(27)17(20)11-21(30)29(28,35)12-16/h10,14,16-21,23-26,30,32-35H,4-9,11-13H2,1-3H3/t14-,16+,17-,18+,19-,20-,21+,23-,24-,25-,26+,27-,28-,29+/m1/s1. The molecule has 0 aromatic heterocycles. The Labute approximate surface area is 224 Å². The summed E-state index contributed by atoms with van der Waals surface area (Å²) in [6, 6.07) is 0. The number of cyclic esters (lactones) is 1. The maximum absolute atomic E-state index is 12.1. The molecular formula is C29H44O9. The third-order valence-corrected chi connectivity index (χ3v) is 12.1. The second kappa shape index (κ2) is 9.23. The van der Waals surface area contributed by atoms with Crippen molar-refractivity contribution in [3.63, 3.8) is 0 Å². The number of carbonyl (C=O) groups excluding carboxylic acids is 1. The summed E-state index contributed by atoms with van der Waals surface area (Å²) < 4.78 is 17.0. The van der Waals surface area contributed by atoms with Gasteiger partial charge in [0.15, 0.2) is 6.29 Å². The zero-order valence-corrected chi connectivity index (χ0v) is 22.7. The second-order valence-corrected chi connectivity index (χ2v) is 13.7. The Balaban J connectivity index is 1.20. The van der Waals surface area contributed by atoms with Crippen LogP contribution in [0.2, 0.25) is 0 Å². The SMILES string of the molecule is C[C@H]1O[C@@H](O[C@H]2CC[C@]3(C)[C@@H]4CC[C@@]5(C)[C@H](CC[C@H]5C5=CC(=O)OC5)[C@H]4C[C@H](O)[C@@]3(O)C2)[C@H](O)[C@H](O)[C@@H]1O. The van der Waals surface area contributed by atoms with Gasteiger partial charge in [0.1, 0.15) is 24.9 Å². The highest BCUT2D eigenvalue weighted by Crippen LogP contribution is 2.69. The molecule has 0 bridgehead atoms. The van der Waals surface area contributed by atoms with E-state index in [1.165, 1.54) is 0 Å². The fourth-order valence-electron chi connectivity index (χ4n) is 9.87. The largest absolute Gasteiger partial charge is 0.458 e. The number of carbonyl (C=O) groups is 1. The van der Waals surface area contributed by atoms with E-state index >= 15 is 0 Å². The topological polar surface area (TPSA) is 146 Å². The molecule has 214 valence electrons. The molecule has 9 heteroatoms. The van der Waals surface area contributed by atoms with E-state index in [4.69, 9.17) is 14.2 Å². The molecule has 4 saturated carbocycles. The van der Waals surface area contributed by atoms with Crippen LogP contribution in [0.1, 0.15) is 72.1 Å². The Morgan fingerprint density at radius 3 is 2.45 bits per heavy atom. The Hall–Kier alpha value is -1.07. The van der Waals surface area contributed by atoms with E-state index in [9.17, 15) is 30.3 Å². The van der Waals surface area contributed by atoms with Crippen molar-refractivity contribution in [1.29, 1.82) is 0 Å².